The molecule has 6 nitrogen and oxygen atoms in total. The maximum atomic E-state index is 12.7. The van der Waals surface area contributed by atoms with Crippen molar-refractivity contribution in [1.82, 2.24) is 10.3 Å². The maximum absolute atomic E-state index is 12.7. The first-order chi connectivity index (χ1) is 12.7. The zero-order chi connectivity index (χ0) is 17.9. The van der Waals surface area contributed by atoms with Crippen molar-refractivity contribution < 1.29 is 18.7 Å². The molecule has 0 radical (unpaired) electrons. The zero-order valence-electron chi connectivity index (χ0n) is 14.2. The highest BCUT2D eigenvalue weighted by Gasteiger charge is 2.25. The molecular formula is C20H18N2O4. The SMILES string of the molecule is O=C(COC(=O)c1c2c(nc3ccccc13)CCC2)NCc1ccco1. The van der Waals surface area contributed by atoms with Crippen LogP contribution in [0.2, 0.25) is 0 Å². The number of ether oxygens (including phenoxy) is 1. The van der Waals surface area contributed by atoms with Crippen LogP contribution >= 0.6 is 0 Å². The topological polar surface area (TPSA) is 81.4 Å². The second-order valence-corrected chi connectivity index (χ2v) is 6.21. The van der Waals surface area contributed by atoms with Gasteiger partial charge in [0.25, 0.3) is 5.91 Å². The van der Waals surface area contributed by atoms with Crippen LogP contribution in [0.15, 0.2) is 47.1 Å². The summed E-state index contributed by atoms with van der Waals surface area (Å²) < 4.78 is 10.4. The normalized spacial score (nSPS) is 12.8. The van der Waals surface area contributed by atoms with Crippen LogP contribution < -0.4 is 5.32 Å². The molecule has 4 rings (SSSR count). The van der Waals surface area contributed by atoms with Crippen LogP contribution in [-0.4, -0.2) is 23.5 Å². The zero-order valence-corrected chi connectivity index (χ0v) is 14.2. The van der Waals surface area contributed by atoms with Crippen LogP contribution in [0.3, 0.4) is 0 Å². The molecule has 0 unspecified atom stereocenters. The molecule has 0 aliphatic heterocycles. The lowest BCUT2D eigenvalue weighted by molar-refractivity contribution is -0.124. The smallest absolute Gasteiger partial charge is 0.339 e. The second kappa shape index (κ2) is 7.00. The molecule has 1 N–H and O–H groups in total. The van der Waals surface area contributed by atoms with E-state index in [1.54, 1.807) is 12.1 Å². The van der Waals surface area contributed by atoms with Crippen LogP contribution in [0.5, 0.6) is 0 Å². The number of nitrogens with zero attached hydrogens (tertiary/aromatic N) is 1. The Labute approximate surface area is 150 Å². The number of pyridine rings is 1. The molecule has 3 aromatic rings. The van der Waals surface area contributed by atoms with Crippen LogP contribution in [-0.2, 0) is 28.9 Å². The van der Waals surface area contributed by atoms with Gasteiger partial charge < -0.3 is 14.5 Å². The molecular weight excluding hydrogens is 332 g/mol. The van der Waals surface area contributed by atoms with Crippen molar-refractivity contribution >= 4 is 22.8 Å². The number of amides is 1. The summed E-state index contributed by atoms with van der Waals surface area (Å²) in [4.78, 5) is 29.3. The summed E-state index contributed by atoms with van der Waals surface area (Å²) in [5.74, 6) is -0.206. The van der Waals surface area contributed by atoms with E-state index in [2.05, 4.69) is 10.3 Å². The number of rotatable bonds is 5. The van der Waals surface area contributed by atoms with E-state index in [0.717, 1.165) is 41.4 Å². The number of fused-ring (bicyclic) bond motifs is 2. The molecule has 0 saturated heterocycles. The minimum atomic E-state index is -0.477. The van der Waals surface area contributed by atoms with E-state index >= 15 is 0 Å². The lowest BCUT2D eigenvalue weighted by atomic mass is 10.0. The molecule has 0 bridgehead atoms. The summed E-state index contributed by atoms with van der Waals surface area (Å²) in [5.41, 5.74) is 3.23. The van der Waals surface area contributed by atoms with Crippen LogP contribution in [0.25, 0.3) is 10.9 Å². The lowest BCUT2D eigenvalue weighted by Gasteiger charge is -2.12. The third-order valence-electron chi connectivity index (χ3n) is 4.50. The Hall–Kier alpha value is -3.15. The van der Waals surface area contributed by atoms with E-state index in [1.165, 1.54) is 6.26 Å². The Balaban J connectivity index is 1.49. The highest BCUT2D eigenvalue weighted by atomic mass is 16.5. The van der Waals surface area contributed by atoms with Gasteiger partial charge in [-0.1, -0.05) is 18.2 Å². The molecule has 26 heavy (non-hydrogen) atoms. The minimum Gasteiger partial charge on any atom is -0.467 e. The third-order valence-corrected chi connectivity index (χ3v) is 4.50. The van der Waals surface area contributed by atoms with Gasteiger partial charge in [-0.3, -0.25) is 9.78 Å². The molecule has 1 aromatic carbocycles. The summed E-state index contributed by atoms with van der Waals surface area (Å²) in [6, 6.07) is 11.0. The number of esters is 1. The third kappa shape index (κ3) is 3.18. The van der Waals surface area contributed by atoms with Gasteiger partial charge in [-0.05, 0) is 43.0 Å². The summed E-state index contributed by atoms with van der Waals surface area (Å²) in [6.45, 7) is -0.0675. The van der Waals surface area contributed by atoms with Gasteiger partial charge in [0, 0.05) is 11.1 Å². The van der Waals surface area contributed by atoms with E-state index in [-0.39, 0.29) is 19.1 Å². The van der Waals surface area contributed by atoms with Gasteiger partial charge in [-0.2, -0.15) is 0 Å². The molecule has 2 heterocycles. The van der Waals surface area contributed by atoms with E-state index in [9.17, 15) is 9.59 Å². The molecule has 1 aliphatic carbocycles. The highest BCUT2D eigenvalue weighted by molar-refractivity contribution is 6.05. The molecule has 6 heteroatoms. The molecule has 1 amide bonds. The number of aryl methyl sites for hydroxylation is 1. The van der Waals surface area contributed by atoms with Crippen LogP contribution in [0.4, 0.5) is 0 Å². The largest absolute Gasteiger partial charge is 0.467 e. The first-order valence-electron chi connectivity index (χ1n) is 8.59. The monoisotopic (exact) mass is 350 g/mol. The number of para-hydroxylation sites is 1. The molecule has 0 fully saturated rings. The average Bonchev–Trinajstić information content (AvgIpc) is 3.33. The minimum absolute atomic E-state index is 0.261. The number of benzene rings is 1. The summed E-state index contributed by atoms with van der Waals surface area (Å²) in [6.07, 6.45) is 4.19. The predicted octanol–water partition coefficient (Wildman–Crippen LogP) is 2.79. The quantitative estimate of drug-likeness (QED) is 0.716. The Bertz CT molecular complexity index is 963. The summed E-state index contributed by atoms with van der Waals surface area (Å²) >= 11 is 0. The predicted molar refractivity (Wildman–Crippen MR) is 94.6 cm³/mol. The standard InChI is InChI=1S/C20H18N2O4/c23-18(21-11-13-5-4-10-25-13)12-26-20(24)19-14-6-1-2-8-16(14)22-17-9-3-7-15(17)19/h1-2,4-6,8,10H,3,7,9,11-12H2,(H,21,23). The van der Waals surface area contributed by atoms with Crippen molar-refractivity contribution in [3.05, 3.63) is 65.2 Å². The van der Waals surface area contributed by atoms with Crippen LogP contribution in [0.1, 0.15) is 33.8 Å². The number of nitrogens with one attached hydrogen (secondary N) is 1. The molecule has 1 aliphatic rings. The molecule has 132 valence electrons. The number of furan rings is 1. The van der Waals surface area contributed by atoms with Gasteiger partial charge in [-0.15, -0.1) is 0 Å². The van der Waals surface area contributed by atoms with Gasteiger partial charge in [0.05, 0.1) is 23.9 Å². The summed E-state index contributed by atoms with van der Waals surface area (Å²) in [5, 5.41) is 3.43. The maximum Gasteiger partial charge on any atom is 0.339 e. The molecule has 2 aromatic heterocycles. The first-order valence-corrected chi connectivity index (χ1v) is 8.59. The Kier molecular flexibility index (Phi) is 4.39. The number of hydrogen-bond acceptors (Lipinski definition) is 5. The van der Waals surface area contributed by atoms with Crippen molar-refractivity contribution in [3.8, 4) is 0 Å². The average molecular weight is 350 g/mol. The Morgan fingerprint density at radius 2 is 2.04 bits per heavy atom. The van der Waals surface area contributed by atoms with Crippen molar-refractivity contribution in [2.24, 2.45) is 0 Å². The number of aromatic nitrogens is 1. The highest BCUT2D eigenvalue weighted by Crippen LogP contribution is 2.30. The Morgan fingerprint density at radius 3 is 2.88 bits per heavy atom. The number of carbonyl (C=O) groups is 2. The van der Waals surface area contributed by atoms with Crippen molar-refractivity contribution in [1.29, 1.82) is 0 Å². The van der Waals surface area contributed by atoms with Gasteiger partial charge >= 0.3 is 5.97 Å². The fourth-order valence-corrected chi connectivity index (χ4v) is 3.30. The van der Waals surface area contributed by atoms with Crippen molar-refractivity contribution in [3.63, 3.8) is 0 Å². The number of hydrogen-bond donors (Lipinski definition) is 1. The van der Waals surface area contributed by atoms with Gasteiger partial charge in [0.1, 0.15) is 5.76 Å². The Morgan fingerprint density at radius 1 is 1.15 bits per heavy atom. The van der Waals surface area contributed by atoms with Gasteiger partial charge in [0.2, 0.25) is 0 Å². The van der Waals surface area contributed by atoms with E-state index in [4.69, 9.17) is 9.15 Å². The van der Waals surface area contributed by atoms with Gasteiger partial charge in [-0.25, -0.2) is 4.79 Å². The van der Waals surface area contributed by atoms with Crippen LogP contribution in [0, 0.1) is 0 Å². The van der Waals surface area contributed by atoms with Crippen molar-refractivity contribution in [2.75, 3.05) is 6.61 Å². The molecule has 0 spiro atoms. The fourth-order valence-electron chi connectivity index (χ4n) is 3.30. The first kappa shape index (κ1) is 16.3. The summed E-state index contributed by atoms with van der Waals surface area (Å²) in [7, 11) is 0. The van der Waals surface area contributed by atoms with E-state index in [0.29, 0.717) is 11.3 Å². The van der Waals surface area contributed by atoms with E-state index in [1.807, 2.05) is 24.3 Å². The van der Waals surface area contributed by atoms with Crippen molar-refractivity contribution in [2.45, 2.75) is 25.8 Å². The molecule has 0 saturated carbocycles. The van der Waals surface area contributed by atoms with E-state index < -0.39 is 5.97 Å². The second-order valence-electron chi connectivity index (χ2n) is 6.21. The lowest BCUT2D eigenvalue weighted by Crippen LogP contribution is -2.28. The number of carbonyl (C=O) groups excluding carboxylic acids is 2. The fraction of sp³-hybridized carbons (Fsp3) is 0.250. The van der Waals surface area contributed by atoms with Gasteiger partial charge in [0.15, 0.2) is 6.61 Å². The molecule has 0 atom stereocenters.